The summed E-state index contributed by atoms with van der Waals surface area (Å²) < 4.78 is 1.81. The Labute approximate surface area is 120 Å². The number of nitrogens with two attached hydrogens (primary N) is 1. The van der Waals surface area contributed by atoms with Gasteiger partial charge < -0.3 is 5.73 Å². The minimum Gasteiger partial charge on any atom is -0.383 e. The van der Waals surface area contributed by atoms with E-state index in [0.29, 0.717) is 10.8 Å². The highest BCUT2D eigenvalue weighted by Crippen LogP contribution is 2.29. The Bertz CT molecular complexity index is 778. The van der Waals surface area contributed by atoms with Crippen LogP contribution in [0, 0.1) is 6.92 Å². The zero-order valence-electron chi connectivity index (χ0n) is 10.2. The molecule has 19 heavy (non-hydrogen) atoms. The summed E-state index contributed by atoms with van der Waals surface area (Å²) in [5, 5.41) is 1.37. The SMILES string of the molecule is Cc1cc(-c2nc3cc(Cl)ccn3c2N)ccc1Cl. The number of fused-ring (bicyclic) bond motifs is 1. The predicted octanol–water partition coefficient (Wildman–Crippen LogP) is 4.20. The molecule has 0 spiro atoms. The Morgan fingerprint density at radius 3 is 2.68 bits per heavy atom. The molecular weight excluding hydrogens is 281 g/mol. The predicted molar refractivity (Wildman–Crippen MR) is 79.8 cm³/mol. The zero-order chi connectivity index (χ0) is 13.6. The lowest BCUT2D eigenvalue weighted by atomic mass is 10.1. The first-order chi connectivity index (χ1) is 9.06. The molecule has 3 aromatic rings. The van der Waals surface area contributed by atoms with Gasteiger partial charge in [-0.05, 0) is 30.7 Å². The highest BCUT2D eigenvalue weighted by atomic mass is 35.5. The van der Waals surface area contributed by atoms with E-state index in [-0.39, 0.29) is 0 Å². The number of aryl methyl sites for hydroxylation is 1. The van der Waals surface area contributed by atoms with Crippen molar-refractivity contribution in [1.29, 1.82) is 0 Å². The second-order valence-electron chi connectivity index (χ2n) is 4.38. The van der Waals surface area contributed by atoms with E-state index in [1.54, 1.807) is 12.1 Å². The molecule has 0 saturated heterocycles. The summed E-state index contributed by atoms with van der Waals surface area (Å²) in [6, 6.07) is 9.30. The van der Waals surface area contributed by atoms with Gasteiger partial charge in [-0.25, -0.2) is 4.98 Å². The Morgan fingerprint density at radius 1 is 1.16 bits per heavy atom. The van der Waals surface area contributed by atoms with Crippen molar-refractivity contribution in [3.8, 4) is 11.3 Å². The van der Waals surface area contributed by atoms with Gasteiger partial charge in [0.05, 0.1) is 0 Å². The number of hydrogen-bond acceptors (Lipinski definition) is 2. The standard InChI is InChI=1S/C14H11Cl2N3/c1-8-6-9(2-3-11(8)16)13-14(17)19-5-4-10(15)7-12(19)18-13/h2-7H,17H2,1H3. The van der Waals surface area contributed by atoms with Gasteiger partial charge in [0.25, 0.3) is 0 Å². The third-order valence-corrected chi connectivity index (χ3v) is 3.72. The summed E-state index contributed by atoms with van der Waals surface area (Å²) in [4.78, 5) is 4.52. The number of anilines is 1. The summed E-state index contributed by atoms with van der Waals surface area (Å²) in [5.41, 5.74) is 9.54. The van der Waals surface area contributed by atoms with Gasteiger partial charge in [0.1, 0.15) is 17.2 Å². The van der Waals surface area contributed by atoms with Crippen molar-refractivity contribution in [3.63, 3.8) is 0 Å². The summed E-state index contributed by atoms with van der Waals surface area (Å²) >= 11 is 12.0. The first-order valence-electron chi connectivity index (χ1n) is 5.76. The number of pyridine rings is 1. The van der Waals surface area contributed by atoms with Gasteiger partial charge in [0.2, 0.25) is 0 Å². The van der Waals surface area contributed by atoms with E-state index in [1.165, 1.54) is 0 Å². The Hall–Kier alpha value is -1.71. The minimum atomic E-state index is 0.591. The first-order valence-corrected chi connectivity index (χ1v) is 6.51. The van der Waals surface area contributed by atoms with Crippen molar-refractivity contribution in [3.05, 3.63) is 52.1 Å². The average Bonchev–Trinajstić information content (AvgIpc) is 2.70. The number of halogens is 2. The van der Waals surface area contributed by atoms with Gasteiger partial charge >= 0.3 is 0 Å². The maximum absolute atomic E-state index is 6.13. The molecule has 2 N–H and O–H groups in total. The molecule has 0 radical (unpaired) electrons. The fourth-order valence-corrected chi connectivity index (χ4v) is 2.31. The van der Waals surface area contributed by atoms with Gasteiger partial charge in [0, 0.05) is 27.9 Å². The molecule has 0 amide bonds. The zero-order valence-corrected chi connectivity index (χ0v) is 11.7. The molecule has 0 fully saturated rings. The molecule has 2 aromatic heterocycles. The Kier molecular flexibility index (Phi) is 2.88. The molecule has 0 aliphatic rings. The second kappa shape index (κ2) is 4.44. The Balaban J connectivity index is 2.24. The highest BCUT2D eigenvalue weighted by Gasteiger charge is 2.12. The average molecular weight is 292 g/mol. The number of hydrogen-bond donors (Lipinski definition) is 1. The van der Waals surface area contributed by atoms with E-state index in [9.17, 15) is 0 Å². The minimum absolute atomic E-state index is 0.591. The van der Waals surface area contributed by atoms with Gasteiger partial charge in [-0.1, -0.05) is 29.3 Å². The van der Waals surface area contributed by atoms with E-state index in [0.717, 1.165) is 27.5 Å². The molecule has 0 aliphatic heterocycles. The van der Waals surface area contributed by atoms with Crippen molar-refractivity contribution in [2.45, 2.75) is 6.92 Å². The summed E-state index contributed by atoms with van der Waals surface area (Å²) in [5.74, 6) is 0.591. The van der Waals surface area contributed by atoms with Gasteiger partial charge in [-0.3, -0.25) is 4.40 Å². The monoisotopic (exact) mass is 291 g/mol. The number of benzene rings is 1. The quantitative estimate of drug-likeness (QED) is 0.730. The van der Waals surface area contributed by atoms with Crippen molar-refractivity contribution >= 4 is 34.7 Å². The van der Waals surface area contributed by atoms with Gasteiger partial charge in [0.15, 0.2) is 0 Å². The van der Waals surface area contributed by atoms with Crippen LogP contribution >= 0.6 is 23.2 Å². The normalized spacial score (nSPS) is 11.1. The number of aromatic nitrogens is 2. The molecule has 2 heterocycles. The molecule has 1 aromatic carbocycles. The van der Waals surface area contributed by atoms with Crippen LogP contribution in [0.15, 0.2) is 36.5 Å². The number of rotatable bonds is 1. The van der Waals surface area contributed by atoms with Gasteiger partial charge in [-0.15, -0.1) is 0 Å². The van der Waals surface area contributed by atoms with Crippen LogP contribution in [0.25, 0.3) is 16.9 Å². The maximum atomic E-state index is 6.13. The molecular formula is C14H11Cl2N3. The van der Waals surface area contributed by atoms with E-state index in [2.05, 4.69) is 4.98 Å². The van der Waals surface area contributed by atoms with E-state index in [1.807, 2.05) is 35.7 Å². The lowest BCUT2D eigenvalue weighted by Gasteiger charge is -2.02. The molecule has 3 rings (SSSR count). The third kappa shape index (κ3) is 2.05. The smallest absolute Gasteiger partial charge is 0.140 e. The van der Waals surface area contributed by atoms with Crippen LogP contribution in [0.4, 0.5) is 5.82 Å². The number of nitrogen functional groups attached to an aromatic ring is 1. The molecule has 0 aliphatic carbocycles. The fraction of sp³-hybridized carbons (Fsp3) is 0.0714. The fourth-order valence-electron chi connectivity index (χ4n) is 2.04. The molecule has 0 bridgehead atoms. The Morgan fingerprint density at radius 2 is 1.95 bits per heavy atom. The van der Waals surface area contributed by atoms with Crippen molar-refractivity contribution in [2.24, 2.45) is 0 Å². The summed E-state index contributed by atoms with van der Waals surface area (Å²) in [7, 11) is 0. The van der Waals surface area contributed by atoms with Crippen LogP contribution in [0.1, 0.15) is 5.56 Å². The first kappa shape index (κ1) is 12.3. The van der Waals surface area contributed by atoms with Crippen molar-refractivity contribution < 1.29 is 0 Å². The highest BCUT2D eigenvalue weighted by molar-refractivity contribution is 6.31. The molecule has 5 heteroatoms. The number of nitrogens with zero attached hydrogens (tertiary/aromatic N) is 2. The van der Waals surface area contributed by atoms with Crippen LogP contribution in [-0.2, 0) is 0 Å². The third-order valence-electron chi connectivity index (χ3n) is 3.06. The lowest BCUT2D eigenvalue weighted by molar-refractivity contribution is 1.20. The maximum Gasteiger partial charge on any atom is 0.140 e. The molecule has 3 nitrogen and oxygen atoms in total. The van der Waals surface area contributed by atoms with Crippen molar-refractivity contribution in [1.82, 2.24) is 9.38 Å². The van der Waals surface area contributed by atoms with Crippen LogP contribution < -0.4 is 5.73 Å². The molecule has 0 unspecified atom stereocenters. The number of imidazole rings is 1. The molecule has 0 atom stereocenters. The van der Waals surface area contributed by atoms with Crippen molar-refractivity contribution in [2.75, 3.05) is 5.73 Å². The molecule has 0 saturated carbocycles. The molecule has 96 valence electrons. The van der Waals surface area contributed by atoms with Crippen LogP contribution in [0.5, 0.6) is 0 Å². The van der Waals surface area contributed by atoms with Crippen LogP contribution in [-0.4, -0.2) is 9.38 Å². The second-order valence-corrected chi connectivity index (χ2v) is 5.23. The summed E-state index contributed by atoms with van der Waals surface area (Å²) in [6.45, 7) is 1.95. The van der Waals surface area contributed by atoms with Crippen LogP contribution in [0.2, 0.25) is 10.0 Å². The summed E-state index contributed by atoms with van der Waals surface area (Å²) in [6.07, 6.45) is 1.81. The van der Waals surface area contributed by atoms with Gasteiger partial charge in [-0.2, -0.15) is 0 Å². The van der Waals surface area contributed by atoms with E-state index < -0.39 is 0 Å². The van der Waals surface area contributed by atoms with E-state index in [4.69, 9.17) is 28.9 Å². The topological polar surface area (TPSA) is 43.3 Å². The van der Waals surface area contributed by atoms with Crippen LogP contribution in [0.3, 0.4) is 0 Å². The van der Waals surface area contributed by atoms with E-state index >= 15 is 0 Å². The lowest BCUT2D eigenvalue weighted by Crippen LogP contribution is -1.93. The largest absolute Gasteiger partial charge is 0.383 e.